The molecular weight excluding hydrogens is 140 g/mol. The van der Waals surface area contributed by atoms with E-state index in [0.717, 1.165) is 19.3 Å². The summed E-state index contributed by atoms with van der Waals surface area (Å²) in [4.78, 5) is 2.06. The number of likely N-dealkylation sites (N-methyl/N-ethyl adjacent to an activating group) is 1. The van der Waals surface area contributed by atoms with Crippen molar-refractivity contribution in [3.63, 3.8) is 0 Å². The maximum absolute atomic E-state index is 9.56. The highest BCUT2D eigenvalue weighted by molar-refractivity contribution is 4.86. The van der Waals surface area contributed by atoms with Gasteiger partial charge in [-0.1, -0.05) is 0 Å². The van der Waals surface area contributed by atoms with Gasteiger partial charge in [-0.05, 0) is 33.4 Å². The summed E-state index contributed by atoms with van der Waals surface area (Å²) in [5, 5.41) is 9.56. The molecule has 11 heavy (non-hydrogen) atoms. The Labute approximate surface area is 68.2 Å². The minimum absolute atomic E-state index is 0.176. The van der Waals surface area contributed by atoms with E-state index in [9.17, 15) is 5.11 Å². The van der Waals surface area contributed by atoms with E-state index < -0.39 is 0 Å². The maximum atomic E-state index is 9.56. The lowest BCUT2D eigenvalue weighted by atomic mass is 9.88. The molecule has 0 spiro atoms. The molecule has 3 atom stereocenters. The van der Waals surface area contributed by atoms with Gasteiger partial charge in [-0.2, -0.15) is 0 Å². The smallest absolute Gasteiger partial charge is 0.0696 e. The first-order chi connectivity index (χ1) is 5.11. The Balaban J connectivity index is 2.47. The van der Waals surface area contributed by atoms with Crippen molar-refractivity contribution in [1.82, 2.24) is 4.90 Å². The maximum Gasteiger partial charge on any atom is 0.0696 e. The van der Waals surface area contributed by atoms with E-state index in [2.05, 4.69) is 4.90 Å². The molecule has 0 amide bonds. The Kier molecular flexibility index (Phi) is 2.87. The lowest BCUT2D eigenvalue weighted by Crippen LogP contribution is -2.47. The van der Waals surface area contributed by atoms with Crippen LogP contribution in [-0.2, 0) is 0 Å². The summed E-state index contributed by atoms with van der Waals surface area (Å²) < 4.78 is 0. The number of hydrogen-bond acceptors (Lipinski definition) is 3. The number of nitrogens with two attached hydrogens (primary N) is 1. The molecule has 1 rings (SSSR count). The van der Waals surface area contributed by atoms with Crippen LogP contribution in [0.2, 0.25) is 0 Å². The molecule has 1 aliphatic rings. The van der Waals surface area contributed by atoms with E-state index in [1.807, 2.05) is 14.1 Å². The molecule has 66 valence electrons. The Hall–Kier alpha value is -0.120. The minimum atomic E-state index is -0.176. The zero-order valence-electron chi connectivity index (χ0n) is 7.33. The highest BCUT2D eigenvalue weighted by Crippen LogP contribution is 2.20. The lowest BCUT2D eigenvalue weighted by molar-refractivity contribution is 0.0374. The molecule has 0 aliphatic heterocycles. The Morgan fingerprint density at radius 1 is 1.36 bits per heavy atom. The minimum Gasteiger partial charge on any atom is -0.391 e. The highest BCUT2D eigenvalue weighted by atomic mass is 16.3. The first kappa shape index (κ1) is 8.97. The summed E-state index contributed by atoms with van der Waals surface area (Å²) in [5.41, 5.74) is 5.79. The van der Waals surface area contributed by atoms with Crippen LogP contribution in [0.3, 0.4) is 0 Å². The van der Waals surface area contributed by atoms with E-state index in [1.54, 1.807) is 0 Å². The zero-order chi connectivity index (χ0) is 8.43. The summed E-state index contributed by atoms with van der Waals surface area (Å²) in [6.07, 6.45) is 2.56. The van der Waals surface area contributed by atoms with Crippen molar-refractivity contribution >= 4 is 0 Å². The van der Waals surface area contributed by atoms with Crippen molar-refractivity contribution in [2.45, 2.75) is 37.5 Å². The molecule has 0 heterocycles. The average molecular weight is 158 g/mol. The van der Waals surface area contributed by atoms with E-state index in [1.165, 1.54) is 0 Å². The van der Waals surface area contributed by atoms with Gasteiger partial charge in [0.15, 0.2) is 0 Å². The average Bonchev–Trinajstić information content (AvgIpc) is 1.94. The van der Waals surface area contributed by atoms with Crippen LogP contribution in [0.25, 0.3) is 0 Å². The fourth-order valence-corrected chi connectivity index (χ4v) is 1.72. The van der Waals surface area contributed by atoms with Gasteiger partial charge in [0.1, 0.15) is 0 Å². The van der Waals surface area contributed by atoms with Gasteiger partial charge in [0, 0.05) is 12.1 Å². The third kappa shape index (κ3) is 2.15. The summed E-state index contributed by atoms with van der Waals surface area (Å²) in [6, 6.07) is 0.546. The van der Waals surface area contributed by atoms with Crippen LogP contribution in [0, 0.1) is 0 Å². The van der Waals surface area contributed by atoms with Gasteiger partial charge in [-0.3, -0.25) is 0 Å². The molecule has 0 bridgehead atoms. The molecule has 3 N–H and O–H groups in total. The molecule has 0 saturated heterocycles. The van der Waals surface area contributed by atoms with Gasteiger partial charge in [0.25, 0.3) is 0 Å². The van der Waals surface area contributed by atoms with Gasteiger partial charge in [-0.25, -0.2) is 0 Å². The van der Waals surface area contributed by atoms with Crippen LogP contribution in [0.4, 0.5) is 0 Å². The third-order valence-electron chi connectivity index (χ3n) is 2.48. The lowest BCUT2D eigenvalue weighted by Gasteiger charge is -2.35. The van der Waals surface area contributed by atoms with Crippen LogP contribution >= 0.6 is 0 Å². The molecule has 3 heteroatoms. The second-order valence-electron chi connectivity index (χ2n) is 3.67. The molecule has 1 saturated carbocycles. The summed E-state index contributed by atoms with van der Waals surface area (Å²) in [5.74, 6) is 0. The molecule has 0 aromatic rings. The van der Waals surface area contributed by atoms with Crippen molar-refractivity contribution in [1.29, 1.82) is 0 Å². The van der Waals surface area contributed by atoms with Crippen LogP contribution in [0.5, 0.6) is 0 Å². The molecule has 1 aliphatic carbocycles. The molecule has 1 fully saturated rings. The van der Waals surface area contributed by atoms with E-state index >= 15 is 0 Å². The van der Waals surface area contributed by atoms with Gasteiger partial charge < -0.3 is 15.7 Å². The predicted molar refractivity (Wildman–Crippen MR) is 45.3 cm³/mol. The Morgan fingerprint density at radius 3 is 2.45 bits per heavy atom. The quantitative estimate of drug-likeness (QED) is 0.555. The standard InChI is InChI=1S/C8H18N2O/c1-10(2)7-5-6(9)3-4-8(7)11/h6-8,11H,3-5,9H2,1-2H3/t6-,7-,8-/m0/s1. The first-order valence-electron chi connectivity index (χ1n) is 4.21. The number of rotatable bonds is 1. The van der Waals surface area contributed by atoms with Gasteiger partial charge in [0.2, 0.25) is 0 Å². The summed E-state index contributed by atoms with van der Waals surface area (Å²) in [7, 11) is 3.98. The molecular formula is C8H18N2O. The van der Waals surface area contributed by atoms with Crippen LogP contribution < -0.4 is 5.73 Å². The topological polar surface area (TPSA) is 49.5 Å². The Morgan fingerprint density at radius 2 is 2.00 bits per heavy atom. The van der Waals surface area contributed by atoms with Gasteiger partial charge in [0.05, 0.1) is 6.10 Å². The van der Waals surface area contributed by atoms with Gasteiger partial charge >= 0.3 is 0 Å². The Bertz CT molecular complexity index is 127. The highest BCUT2D eigenvalue weighted by Gasteiger charge is 2.28. The van der Waals surface area contributed by atoms with Gasteiger partial charge in [-0.15, -0.1) is 0 Å². The van der Waals surface area contributed by atoms with Crippen molar-refractivity contribution in [3.05, 3.63) is 0 Å². The number of hydrogen-bond donors (Lipinski definition) is 2. The first-order valence-corrected chi connectivity index (χ1v) is 4.21. The van der Waals surface area contributed by atoms with E-state index in [4.69, 9.17) is 5.73 Å². The van der Waals surface area contributed by atoms with Crippen LogP contribution in [0.1, 0.15) is 19.3 Å². The normalized spacial score (nSPS) is 39.5. The van der Waals surface area contributed by atoms with Crippen LogP contribution in [0.15, 0.2) is 0 Å². The van der Waals surface area contributed by atoms with Crippen LogP contribution in [-0.4, -0.2) is 42.3 Å². The SMILES string of the molecule is CN(C)[C@H]1C[C@@H](N)CC[C@@H]1O. The summed E-state index contributed by atoms with van der Waals surface area (Å²) >= 11 is 0. The monoisotopic (exact) mass is 158 g/mol. The van der Waals surface area contributed by atoms with Crippen molar-refractivity contribution in [2.24, 2.45) is 5.73 Å². The largest absolute Gasteiger partial charge is 0.391 e. The second-order valence-corrected chi connectivity index (χ2v) is 3.67. The third-order valence-corrected chi connectivity index (χ3v) is 2.48. The summed E-state index contributed by atoms with van der Waals surface area (Å²) in [6.45, 7) is 0. The predicted octanol–water partition coefficient (Wildman–Crippen LogP) is -0.211. The number of aliphatic hydroxyl groups excluding tert-OH is 1. The van der Waals surface area contributed by atoms with Crippen molar-refractivity contribution < 1.29 is 5.11 Å². The second kappa shape index (κ2) is 3.52. The molecule has 0 aromatic heterocycles. The molecule has 0 unspecified atom stereocenters. The fourth-order valence-electron chi connectivity index (χ4n) is 1.72. The number of nitrogens with zero attached hydrogens (tertiary/aromatic N) is 1. The van der Waals surface area contributed by atoms with Crippen molar-refractivity contribution in [3.8, 4) is 0 Å². The zero-order valence-corrected chi connectivity index (χ0v) is 7.33. The fraction of sp³-hybridized carbons (Fsp3) is 1.00. The van der Waals surface area contributed by atoms with E-state index in [0.29, 0.717) is 0 Å². The number of aliphatic hydroxyl groups is 1. The van der Waals surface area contributed by atoms with E-state index in [-0.39, 0.29) is 18.2 Å². The molecule has 0 radical (unpaired) electrons. The molecule has 0 aromatic carbocycles. The van der Waals surface area contributed by atoms with Crippen molar-refractivity contribution in [2.75, 3.05) is 14.1 Å². The molecule has 3 nitrogen and oxygen atoms in total.